The molecule has 108 valence electrons. The molecule has 0 fully saturated rings. The summed E-state index contributed by atoms with van der Waals surface area (Å²) in [5.74, 6) is -0.216. The number of carbonyl (C=O) groups is 1. The van der Waals surface area contributed by atoms with Crippen LogP contribution in [0.1, 0.15) is 37.4 Å². The maximum atomic E-state index is 11.4. The Labute approximate surface area is 121 Å². The van der Waals surface area contributed by atoms with Gasteiger partial charge in [0, 0.05) is 6.54 Å². The van der Waals surface area contributed by atoms with E-state index in [9.17, 15) is 10.1 Å². The zero-order chi connectivity index (χ0) is 15.0. The summed E-state index contributed by atoms with van der Waals surface area (Å²) in [5, 5.41) is 9.41. The predicted octanol–water partition coefficient (Wildman–Crippen LogP) is 2.83. The number of ether oxygens (including phenoxy) is 1. The Hall–Kier alpha value is -1.86. The van der Waals surface area contributed by atoms with E-state index in [0.717, 1.165) is 5.56 Å². The Morgan fingerprint density at radius 3 is 2.50 bits per heavy atom. The highest BCUT2D eigenvalue weighted by molar-refractivity contribution is 5.69. The largest absolute Gasteiger partial charge is 0.466 e. The van der Waals surface area contributed by atoms with Crippen LogP contribution in [0.2, 0.25) is 0 Å². The lowest BCUT2D eigenvalue weighted by molar-refractivity contribution is -0.143. The highest BCUT2D eigenvalue weighted by atomic mass is 16.5. The molecule has 4 nitrogen and oxygen atoms in total. The van der Waals surface area contributed by atoms with Gasteiger partial charge in [0.25, 0.3) is 0 Å². The summed E-state index contributed by atoms with van der Waals surface area (Å²) in [7, 11) is 0. The Morgan fingerprint density at radius 1 is 1.35 bits per heavy atom. The molecule has 0 bridgehead atoms. The van der Waals surface area contributed by atoms with Gasteiger partial charge in [-0.1, -0.05) is 36.8 Å². The fourth-order valence-electron chi connectivity index (χ4n) is 2.05. The molecule has 1 rings (SSSR count). The number of hydrogen-bond donors (Lipinski definition) is 0. The molecule has 0 N–H and O–H groups in total. The minimum atomic E-state index is -0.324. The van der Waals surface area contributed by atoms with Crippen molar-refractivity contribution in [3.63, 3.8) is 0 Å². The summed E-state index contributed by atoms with van der Waals surface area (Å²) in [6.07, 6.45) is 0.311. The Kier molecular flexibility index (Phi) is 6.75. The minimum absolute atomic E-state index is 0.216. The van der Waals surface area contributed by atoms with E-state index in [1.165, 1.54) is 5.56 Å². The quantitative estimate of drug-likeness (QED) is 0.717. The first-order valence-electron chi connectivity index (χ1n) is 6.98. The van der Waals surface area contributed by atoms with Crippen molar-refractivity contribution in [3.8, 4) is 6.07 Å². The zero-order valence-electron chi connectivity index (χ0n) is 12.4. The van der Waals surface area contributed by atoms with Gasteiger partial charge in [-0.15, -0.1) is 0 Å². The molecule has 0 saturated carbocycles. The molecule has 1 aromatic rings. The van der Waals surface area contributed by atoms with Gasteiger partial charge in [0.05, 0.1) is 19.1 Å². The van der Waals surface area contributed by atoms with Crippen molar-refractivity contribution >= 4 is 5.97 Å². The molecule has 0 aromatic heterocycles. The number of benzene rings is 1. The molecule has 0 spiro atoms. The van der Waals surface area contributed by atoms with Crippen molar-refractivity contribution in [2.45, 2.75) is 33.2 Å². The van der Waals surface area contributed by atoms with Crippen LogP contribution in [0.25, 0.3) is 0 Å². The van der Waals surface area contributed by atoms with Gasteiger partial charge in [-0.25, -0.2) is 0 Å². The average Bonchev–Trinajstić information content (AvgIpc) is 2.45. The van der Waals surface area contributed by atoms with Crippen molar-refractivity contribution in [1.82, 2.24) is 4.90 Å². The van der Waals surface area contributed by atoms with E-state index in [1.54, 1.807) is 6.92 Å². The standard InChI is InChI=1S/C16H22N2O2/c1-4-18(11-10-16(19)20-5-2)15(12-17)14-8-6-13(3)7-9-14/h6-9,15H,4-5,10-11H2,1-3H3. The average molecular weight is 274 g/mol. The van der Waals surface area contributed by atoms with Gasteiger partial charge >= 0.3 is 5.97 Å². The van der Waals surface area contributed by atoms with Crippen LogP contribution in [0.4, 0.5) is 0 Å². The van der Waals surface area contributed by atoms with Gasteiger partial charge in [0.1, 0.15) is 6.04 Å². The SMILES string of the molecule is CCOC(=O)CCN(CC)C(C#N)c1ccc(C)cc1. The maximum absolute atomic E-state index is 11.4. The molecule has 1 atom stereocenters. The van der Waals surface area contributed by atoms with E-state index in [2.05, 4.69) is 6.07 Å². The van der Waals surface area contributed by atoms with Gasteiger partial charge < -0.3 is 4.74 Å². The minimum Gasteiger partial charge on any atom is -0.466 e. The number of nitrogens with zero attached hydrogens (tertiary/aromatic N) is 2. The first kappa shape index (κ1) is 16.2. The molecule has 20 heavy (non-hydrogen) atoms. The number of rotatable bonds is 7. The highest BCUT2D eigenvalue weighted by Gasteiger charge is 2.19. The predicted molar refractivity (Wildman–Crippen MR) is 78.0 cm³/mol. The van der Waals surface area contributed by atoms with Crippen molar-refractivity contribution in [1.29, 1.82) is 5.26 Å². The summed E-state index contributed by atoms with van der Waals surface area (Å²) in [5.41, 5.74) is 2.13. The lowest BCUT2D eigenvalue weighted by Crippen LogP contribution is -2.30. The van der Waals surface area contributed by atoms with Crippen LogP contribution in [0.5, 0.6) is 0 Å². The number of esters is 1. The van der Waals surface area contributed by atoms with E-state index in [-0.39, 0.29) is 12.0 Å². The van der Waals surface area contributed by atoms with Gasteiger partial charge in [0.2, 0.25) is 0 Å². The molecule has 0 saturated heterocycles. The molecule has 0 aliphatic heterocycles. The second kappa shape index (κ2) is 8.34. The fraction of sp³-hybridized carbons (Fsp3) is 0.500. The van der Waals surface area contributed by atoms with Gasteiger partial charge in [-0.2, -0.15) is 5.26 Å². The third-order valence-corrected chi connectivity index (χ3v) is 3.20. The van der Waals surface area contributed by atoms with Crippen LogP contribution in [0, 0.1) is 18.3 Å². The van der Waals surface area contributed by atoms with Crippen LogP contribution < -0.4 is 0 Å². The van der Waals surface area contributed by atoms with Crippen LogP contribution >= 0.6 is 0 Å². The van der Waals surface area contributed by atoms with E-state index in [0.29, 0.717) is 26.1 Å². The Balaban J connectivity index is 2.72. The molecule has 0 aliphatic rings. The fourth-order valence-corrected chi connectivity index (χ4v) is 2.05. The molecule has 1 unspecified atom stereocenters. The third-order valence-electron chi connectivity index (χ3n) is 3.20. The highest BCUT2D eigenvalue weighted by Crippen LogP contribution is 2.20. The molecule has 1 aromatic carbocycles. The first-order valence-corrected chi connectivity index (χ1v) is 6.98. The second-order valence-corrected chi connectivity index (χ2v) is 4.63. The van der Waals surface area contributed by atoms with Crippen LogP contribution in [0.15, 0.2) is 24.3 Å². The number of aryl methyl sites for hydroxylation is 1. The lowest BCUT2D eigenvalue weighted by atomic mass is 10.0. The van der Waals surface area contributed by atoms with E-state index in [4.69, 9.17) is 4.74 Å². The van der Waals surface area contributed by atoms with Crippen LogP contribution in [-0.4, -0.2) is 30.6 Å². The zero-order valence-corrected chi connectivity index (χ0v) is 12.4. The molecule has 0 radical (unpaired) electrons. The number of hydrogen-bond acceptors (Lipinski definition) is 4. The van der Waals surface area contributed by atoms with E-state index >= 15 is 0 Å². The number of carbonyl (C=O) groups excluding carboxylic acids is 1. The first-order chi connectivity index (χ1) is 9.62. The monoisotopic (exact) mass is 274 g/mol. The summed E-state index contributed by atoms with van der Waals surface area (Å²) in [6, 6.07) is 9.93. The molecular weight excluding hydrogens is 252 g/mol. The topological polar surface area (TPSA) is 53.3 Å². The normalized spacial score (nSPS) is 11.9. The Morgan fingerprint density at radius 2 is 2.00 bits per heavy atom. The third kappa shape index (κ3) is 4.67. The van der Waals surface area contributed by atoms with Crippen molar-refractivity contribution in [3.05, 3.63) is 35.4 Å². The molecule has 0 aliphatic carbocycles. The van der Waals surface area contributed by atoms with Crippen molar-refractivity contribution in [2.24, 2.45) is 0 Å². The molecule has 0 heterocycles. The van der Waals surface area contributed by atoms with Gasteiger partial charge in [-0.05, 0) is 26.0 Å². The summed E-state index contributed by atoms with van der Waals surface area (Å²) in [6.45, 7) is 7.44. The van der Waals surface area contributed by atoms with Gasteiger partial charge in [-0.3, -0.25) is 9.69 Å². The van der Waals surface area contributed by atoms with Crippen LogP contribution in [0.3, 0.4) is 0 Å². The molecular formula is C16H22N2O2. The molecule has 4 heteroatoms. The van der Waals surface area contributed by atoms with E-state index < -0.39 is 0 Å². The van der Waals surface area contributed by atoms with Crippen molar-refractivity contribution < 1.29 is 9.53 Å². The van der Waals surface area contributed by atoms with Crippen LogP contribution in [-0.2, 0) is 9.53 Å². The molecule has 0 amide bonds. The summed E-state index contributed by atoms with van der Waals surface area (Å²) < 4.78 is 4.92. The summed E-state index contributed by atoms with van der Waals surface area (Å²) >= 11 is 0. The second-order valence-electron chi connectivity index (χ2n) is 4.63. The lowest BCUT2D eigenvalue weighted by Gasteiger charge is -2.25. The maximum Gasteiger partial charge on any atom is 0.307 e. The number of nitriles is 1. The summed E-state index contributed by atoms with van der Waals surface area (Å²) in [4.78, 5) is 13.4. The van der Waals surface area contributed by atoms with E-state index in [1.807, 2.05) is 43.0 Å². The smallest absolute Gasteiger partial charge is 0.307 e. The Bertz CT molecular complexity index is 462. The van der Waals surface area contributed by atoms with Gasteiger partial charge in [0.15, 0.2) is 0 Å². The van der Waals surface area contributed by atoms with Crippen molar-refractivity contribution in [2.75, 3.05) is 19.7 Å².